The third kappa shape index (κ3) is 7.97. The second kappa shape index (κ2) is 4.85. The van der Waals surface area contributed by atoms with Crippen LogP contribution in [0, 0.1) is 0 Å². The van der Waals surface area contributed by atoms with Crippen LogP contribution in [0.4, 0.5) is 13.2 Å². The van der Waals surface area contributed by atoms with Gasteiger partial charge in [-0.05, 0) is 0 Å². The average molecular weight is 208 g/mol. The van der Waals surface area contributed by atoms with Gasteiger partial charge in [0.05, 0.1) is 6.54 Å². The van der Waals surface area contributed by atoms with Crippen molar-refractivity contribution in [3.63, 3.8) is 0 Å². The standard InChI is InChI=1S/C5H6Cl2F3N/c6-1-4(7)2-11-3-5(8,9)10/h1,11H,2-3H2. The summed E-state index contributed by atoms with van der Waals surface area (Å²) >= 11 is 10.4. The number of hydrogen-bond donors (Lipinski definition) is 1. The molecule has 0 heterocycles. The number of hydrogen-bond acceptors (Lipinski definition) is 1. The zero-order chi connectivity index (χ0) is 8.91. The van der Waals surface area contributed by atoms with Crippen molar-refractivity contribution < 1.29 is 13.2 Å². The van der Waals surface area contributed by atoms with Crippen LogP contribution in [-0.4, -0.2) is 19.3 Å². The maximum Gasteiger partial charge on any atom is 0.401 e. The minimum atomic E-state index is -4.20. The molecule has 1 N–H and O–H groups in total. The lowest BCUT2D eigenvalue weighted by Crippen LogP contribution is -2.29. The summed E-state index contributed by atoms with van der Waals surface area (Å²) in [5, 5.41) is 2.22. The molecular formula is C5H6Cl2F3N. The maximum absolute atomic E-state index is 11.5. The predicted molar refractivity (Wildman–Crippen MR) is 38.7 cm³/mol. The summed E-state index contributed by atoms with van der Waals surface area (Å²) in [6.45, 7) is -1.13. The molecule has 6 heteroatoms. The van der Waals surface area contributed by atoms with Crippen LogP contribution >= 0.6 is 23.2 Å². The van der Waals surface area contributed by atoms with Crippen molar-refractivity contribution >= 4 is 23.2 Å². The fraction of sp³-hybridized carbons (Fsp3) is 0.600. The van der Waals surface area contributed by atoms with E-state index in [0.717, 1.165) is 5.54 Å². The summed E-state index contributed by atoms with van der Waals surface area (Å²) in [6, 6.07) is 0. The summed E-state index contributed by atoms with van der Waals surface area (Å²) in [5.74, 6) is 0. The van der Waals surface area contributed by atoms with Gasteiger partial charge in [0.15, 0.2) is 0 Å². The Balaban J connectivity index is 3.43. The monoisotopic (exact) mass is 207 g/mol. The van der Waals surface area contributed by atoms with Crippen LogP contribution in [-0.2, 0) is 0 Å². The second-order valence-electron chi connectivity index (χ2n) is 1.77. The Kier molecular flexibility index (Phi) is 4.88. The van der Waals surface area contributed by atoms with E-state index in [1.165, 1.54) is 0 Å². The highest BCUT2D eigenvalue weighted by Crippen LogP contribution is 2.12. The van der Waals surface area contributed by atoms with E-state index in [0.29, 0.717) is 0 Å². The molecule has 0 rings (SSSR count). The molecule has 0 amide bonds. The van der Waals surface area contributed by atoms with E-state index in [1.54, 1.807) is 0 Å². The molecular weight excluding hydrogens is 202 g/mol. The smallest absolute Gasteiger partial charge is 0.304 e. The third-order valence-electron chi connectivity index (χ3n) is 0.738. The number of halogens is 5. The Morgan fingerprint density at radius 1 is 1.45 bits per heavy atom. The largest absolute Gasteiger partial charge is 0.401 e. The van der Waals surface area contributed by atoms with Crippen molar-refractivity contribution in [1.29, 1.82) is 0 Å². The molecule has 0 unspecified atom stereocenters. The van der Waals surface area contributed by atoms with Gasteiger partial charge in [0.2, 0.25) is 0 Å². The third-order valence-corrected chi connectivity index (χ3v) is 1.36. The average Bonchev–Trinajstić information content (AvgIpc) is 1.85. The van der Waals surface area contributed by atoms with Gasteiger partial charge in [0.25, 0.3) is 0 Å². The topological polar surface area (TPSA) is 12.0 Å². The van der Waals surface area contributed by atoms with Crippen LogP contribution in [0.3, 0.4) is 0 Å². The van der Waals surface area contributed by atoms with Gasteiger partial charge in [-0.1, -0.05) is 23.2 Å². The van der Waals surface area contributed by atoms with Crippen LogP contribution < -0.4 is 5.32 Å². The minimum absolute atomic E-state index is 0.0649. The molecule has 0 aliphatic rings. The van der Waals surface area contributed by atoms with E-state index in [2.05, 4.69) is 5.32 Å². The SMILES string of the molecule is FC(F)(F)CNCC(Cl)=CCl. The summed E-state index contributed by atoms with van der Waals surface area (Å²) in [4.78, 5) is 0. The van der Waals surface area contributed by atoms with Crippen LogP contribution in [0.2, 0.25) is 0 Å². The summed E-state index contributed by atoms with van der Waals surface area (Å²) in [5.41, 5.74) is 1.02. The Hall–Kier alpha value is 0.0700. The molecule has 0 saturated heterocycles. The molecule has 0 aliphatic heterocycles. The van der Waals surface area contributed by atoms with E-state index < -0.39 is 12.7 Å². The van der Waals surface area contributed by atoms with Crippen LogP contribution in [0.5, 0.6) is 0 Å². The fourth-order valence-corrected chi connectivity index (χ4v) is 0.534. The highest BCUT2D eigenvalue weighted by atomic mass is 35.5. The minimum Gasteiger partial charge on any atom is -0.304 e. The lowest BCUT2D eigenvalue weighted by molar-refractivity contribution is -0.124. The van der Waals surface area contributed by atoms with E-state index in [9.17, 15) is 13.2 Å². The van der Waals surface area contributed by atoms with E-state index in [-0.39, 0.29) is 11.6 Å². The fourth-order valence-electron chi connectivity index (χ4n) is 0.362. The first-order chi connectivity index (χ1) is 4.95. The van der Waals surface area contributed by atoms with Crippen molar-refractivity contribution in [2.24, 2.45) is 0 Å². The van der Waals surface area contributed by atoms with Gasteiger partial charge in [-0.25, -0.2) is 0 Å². The first kappa shape index (κ1) is 11.1. The van der Waals surface area contributed by atoms with Gasteiger partial charge in [0.1, 0.15) is 0 Å². The van der Waals surface area contributed by atoms with Gasteiger partial charge in [-0.2, -0.15) is 13.2 Å². The normalized spacial score (nSPS) is 13.7. The molecule has 0 aromatic rings. The Bertz CT molecular complexity index is 143. The first-order valence-corrected chi connectivity index (χ1v) is 3.49. The van der Waals surface area contributed by atoms with Crippen molar-refractivity contribution in [1.82, 2.24) is 5.32 Å². The molecule has 0 saturated carbocycles. The van der Waals surface area contributed by atoms with Gasteiger partial charge < -0.3 is 5.32 Å². The maximum atomic E-state index is 11.5. The van der Waals surface area contributed by atoms with Crippen LogP contribution in [0.1, 0.15) is 0 Å². The Morgan fingerprint density at radius 2 is 2.00 bits per heavy atom. The van der Waals surface area contributed by atoms with Crippen molar-refractivity contribution in [2.45, 2.75) is 6.18 Å². The highest BCUT2D eigenvalue weighted by Gasteiger charge is 2.25. The lowest BCUT2D eigenvalue weighted by Gasteiger charge is -2.06. The quantitative estimate of drug-likeness (QED) is 0.750. The summed E-state index contributed by atoms with van der Waals surface area (Å²) in [7, 11) is 0. The Labute approximate surface area is 72.2 Å². The molecule has 0 aliphatic carbocycles. The van der Waals surface area contributed by atoms with E-state index in [1.807, 2.05) is 0 Å². The lowest BCUT2D eigenvalue weighted by atomic mass is 10.5. The molecule has 0 fully saturated rings. The van der Waals surface area contributed by atoms with Crippen molar-refractivity contribution in [3.8, 4) is 0 Å². The number of alkyl halides is 3. The molecule has 0 bridgehead atoms. The molecule has 1 nitrogen and oxygen atoms in total. The summed E-state index contributed by atoms with van der Waals surface area (Å²) in [6.07, 6.45) is -4.20. The predicted octanol–water partition coefficient (Wildman–Crippen LogP) is 2.46. The first-order valence-electron chi connectivity index (χ1n) is 2.68. The number of nitrogens with one attached hydrogen (secondary N) is 1. The van der Waals surface area contributed by atoms with Gasteiger partial charge in [-0.3, -0.25) is 0 Å². The molecule has 11 heavy (non-hydrogen) atoms. The highest BCUT2D eigenvalue weighted by molar-refractivity contribution is 6.36. The molecule has 0 aromatic carbocycles. The molecule has 0 aromatic heterocycles. The molecule has 0 radical (unpaired) electrons. The molecule has 66 valence electrons. The van der Waals surface area contributed by atoms with E-state index in [4.69, 9.17) is 23.2 Å². The van der Waals surface area contributed by atoms with Gasteiger partial charge >= 0.3 is 6.18 Å². The summed E-state index contributed by atoms with van der Waals surface area (Å²) < 4.78 is 34.4. The Morgan fingerprint density at radius 3 is 2.36 bits per heavy atom. The van der Waals surface area contributed by atoms with Crippen LogP contribution in [0.25, 0.3) is 0 Å². The molecule has 0 atom stereocenters. The van der Waals surface area contributed by atoms with Crippen LogP contribution in [0.15, 0.2) is 10.6 Å². The number of rotatable bonds is 3. The zero-order valence-corrected chi connectivity index (χ0v) is 6.89. The van der Waals surface area contributed by atoms with Crippen molar-refractivity contribution in [3.05, 3.63) is 10.6 Å². The van der Waals surface area contributed by atoms with E-state index >= 15 is 0 Å². The molecule has 0 spiro atoms. The van der Waals surface area contributed by atoms with Gasteiger partial charge in [0, 0.05) is 17.1 Å². The van der Waals surface area contributed by atoms with Crippen molar-refractivity contribution in [2.75, 3.05) is 13.1 Å². The second-order valence-corrected chi connectivity index (χ2v) is 2.48. The van der Waals surface area contributed by atoms with Gasteiger partial charge in [-0.15, -0.1) is 0 Å². The zero-order valence-electron chi connectivity index (χ0n) is 5.38.